The summed E-state index contributed by atoms with van der Waals surface area (Å²) in [6.45, 7) is 9.12. The lowest BCUT2D eigenvalue weighted by Gasteiger charge is -2.22. The maximum absolute atomic E-state index is 11.5. The first-order valence-corrected chi connectivity index (χ1v) is 7.84. The van der Waals surface area contributed by atoms with Crippen LogP contribution in [-0.4, -0.2) is 18.1 Å². The lowest BCUT2D eigenvalue weighted by Crippen LogP contribution is -2.22. The Bertz CT molecular complexity index is 858. The molecule has 1 aromatic carbocycles. The van der Waals surface area contributed by atoms with Crippen molar-refractivity contribution in [3.8, 4) is 10.6 Å². The van der Waals surface area contributed by atoms with Crippen molar-refractivity contribution >= 4 is 27.2 Å². The van der Waals surface area contributed by atoms with Gasteiger partial charge in [0.1, 0.15) is 0 Å². The van der Waals surface area contributed by atoms with Crippen molar-refractivity contribution < 1.29 is 0 Å². The Labute approximate surface area is 133 Å². The highest BCUT2D eigenvalue weighted by Crippen LogP contribution is 2.31. The van der Waals surface area contributed by atoms with E-state index >= 15 is 0 Å². The molecule has 1 aliphatic heterocycles. The van der Waals surface area contributed by atoms with Crippen molar-refractivity contribution in [3.05, 3.63) is 71.9 Å². The predicted octanol–water partition coefficient (Wildman–Crippen LogP) is 3.94. The second-order valence-corrected chi connectivity index (χ2v) is 6.06. The number of anilines is 1. The molecule has 0 saturated carbocycles. The Morgan fingerprint density at radius 2 is 1.86 bits per heavy atom. The highest BCUT2D eigenvalue weighted by atomic mass is 32.1. The summed E-state index contributed by atoms with van der Waals surface area (Å²) < 4.78 is 1.06. The molecule has 0 amide bonds. The number of benzene rings is 2. The van der Waals surface area contributed by atoms with Gasteiger partial charge in [-0.3, -0.25) is 4.79 Å². The zero-order valence-corrected chi connectivity index (χ0v) is 13.0. The molecule has 3 nitrogen and oxygen atoms in total. The average Bonchev–Trinajstić information content (AvgIpc) is 2.52. The highest BCUT2D eigenvalue weighted by Gasteiger charge is 2.09. The zero-order valence-electron chi connectivity index (χ0n) is 12.2. The summed E-state index contributed by atoms with van der Waals surface area (Å²) in [6, 6.07) is 11.2. The molecular formula is C18H16N2OS. The fourth-order valence-corrected chi connectivity index (χ4v) is 3.42. The number of hydrogen-bond acceptors (Lipinski definition) is 4. The monoisotopic (exact) mass is 308 g/mol. The van der Waals surface area contributed by atoms with Gasteiger partial charge in [-0.15, -0.1) is 24.5 Å². The molecular weight excluding hydrogens is 292 g/mol. The normalized spacial score (nSPS) is 10.7. The van der Waals surface area contributed by atoms with E-state index in [1.54, 1.807) is 29.5 Å². The van der Waals surface area contributed by atoms with Gasteiger partial charge in [-0.2, -0.15) is 0 Å². The van der Waals surface area contributed by atoms with Crippen LogP contribution in [0.2, 0.25) is 0 Å². The molecule has 4 heteroatoms. The SMILES string of the molecule is C=CCN(CC=C)c1ccc2nc3ccc(=O)cc-3sc2c1. The summed E-state index contributed by atoms with van der Waals surface area (Å²) in [4.78, 5) is 19.2. The maximum atomic E-state index is 11.5. The van der Waals surface area contributed by atoms with Crippen LogP contribution in [0.4, 0.5) is 5.69 Å². The maximum Gasteiger partial charge on any atom is 0.180 e. The van der Waals surface area contributed by atoms with Gasteiger partial charge >= 0.3 is 0 Å². The third kappa shape index (κ3) is 2.78. The third-order valence-electron chi connectivity index (χ3n) is 3.40. The highest BCUT2D eigenvalue weighted by molar-refractivity contribution is 7.21. The molecule has 0 spiro atoms. The quantitative estimate of drug-likeness (QED) is 0.529. The van der Waals surface area contributed by atoms with Crippen LogP contribution in [0.25, 0.3) is 20.8 Å². The lowest BCUT2D eigenvalue weighted by atomic mass is 10.2. The van der Waals surface area contributed by atoms with Gasteiger partial charge in [0.05, 0.1) is 20.8 Å². The molecule has 3 rings (SSSR count). The van der Waals surface area contributed by atoms with E-state index in [0.29, 0.717) is 0 Å². The molecule has 0 N–H and O–H groups in total. The standard InChI is InChI=1S/C18H16N2OS/c1-3-9-20(10-4-2)13-5-7-15-17(11-13)22-18-12-14(21)6-8-16(18)19-15/h3-8,11-12H,1-2,9-10H2. The van der Waals surface area contributed by atoms with E-state index in [9.17, 15) is 4.79 Å². The van der Waals surface area contributed by atoms with Gasteiger partial charge in [0.15, 0.2) is 5.43 Å². The molecule has 0 fully saturated rings. The molecule has 0 radical (unpaired) electrons. The van der Waals surface area contributed by atoms with Crippen LogP contribution >= 0.6 is 11.3 Å². The summed E-state index contributed by atoms with van der Waals surface area (Å²) >= 11 is 1.59. The fraction of sp³-hybridized carbons (Fsp3) is 0.111. The second-order valence-electron chi connectivity index (χ2n) is 4.98. The van der Waals surface area contributed by atoms with E-state index < -0.39 is 0 Å². The Kier molecular flexibility index (Phi) is 4.02. The van der Waals surface area contributed by atoms with Crippen LogP contribution in [-0.2, 0) is 0 Å². The van der Waals surface area contributed by atoms with E-state index in [2.05, 4.69) is 35.2 Å². The van der Waals surface area contributed by atoms with E-state index in [-0.39, 0.29) is 5.43 Å². The molecule has 2 aliphatic rings. The molecule has 1 aliphatic carbocycles. The third-order valence-corrected chi connectivity index (χ3v) is 4.49. The Balaban J connectivity index is 2.14. The molecule has 0 aromatic heterocycles. The first kappa shape index (κ1) is 14.5. The largest absolute Gasteiger partial charge is 0.364 e. The predicted molar refractivity (Wildman–Crippen MR) is 95.1 cm³/mol. The van der Waals surface area contributed by atoms with Crippen molar-refractivity contribution in [1.82, 2.24) is 4.98 Å². The van der Waals surface area contributed by atoms with Crippen molar-refractivity contribution in [1.29, 1.82) is 0 Å². The average molecular weight is 308 g/mol. The smallest absolute Gasteiger partial charge is 0.180 e. The van der Waals surface area contributed by atoms with Crippen LogP contribution in [0, 0.1) is 0 Å². The number of fused-ring (bicyclic) bond motifs is 2. The summed E-state index contributed by atoms with van der Waals surface area (Å²) in [5.74, 6) is 0. The molecule has 110 valence electrons. The minimum absolute atomic E-state index is 0.0148. The summed E-state index contributed by atoms with van der Waals surface area (Å²) in [6.07, 6.45) is 3.75. The van der Waals surface area contributed by atoms with Crippen LogP contribution in [0.5, 0.6) is 0 Å². The number of nitrogens with zero attached hydrogens (tertiary/aromatic N) is 2. The summed E-state index contributed by atoms with van der Waals surface area (Å²) in [5, 5.41) is 0. The van der Waals surface area contributed by atoms with Crippen molar-refractivity contribution in [2.45, 2.75) is 0 Å². The molecule has 0 unspecified atom stereocenters. The van der Waals surface area contributed by atoms with Crippen molar-refractivity contribution in [2.75, 3.05) is 18.0 Å². The van der Waals surface area contributed by atoms with Gasteiger partial charge in [-0.05, 0) is 30.3 Å². The number of rotatable bonds is 5. The van der Waals surface area contributed by atoms with Gasteiger partial charge in [0.25, 0.3) is 0 Å². The van der Waals surface area contributed by atoms with E-state index in [4.69, 9.17) is 0 Å². The Morgan fingerprint density at radius 1 is 1.09 bits per heavy atom. The van der Waals surface area contributed by atoms with Gasteiger partial charge in [-0.25, -0.2) is 4.98 Å². The molecule has 1 aromatic rings. The van der Waals surface area contributed by atoms with E-state index in [1.165, 1.54) is 0 Å². The molecule has 22 heavy (non-hydrogen) atoms. The lowest BCUT2D eigenvalue weighted by molar-refractivity contribution is 0.958. The number of aromatic nitrogens is 1. The van der Waals surface area contributed by atoms with Gasteiger partial charge in [-0.1, -0.05) is 12.2 Å². The minimum atomic E-state index is 0.0148. The topological polar surface area (TPSA) is 33.2 Å². The van der Waals surface area contributed by atoms with Crippen LogP contribution in [0.1, 0.15) is 0 Å². The van der Waals surface area contributed by atoms with Crippen LogP contribution in [0.15, 0.2) is 66.5 Å². The van der Waals surface area contributed by atoms with Gasteiger partial charge in [0, 0.05) is 24.8 Å². The van der Waals surface area contributed by atoms with Crippen LogP contribution < -0.4 is 10.3 Å². The first-order chi connectivity index (χ1) is 10.7. The van der Waals surface area contributed by atoms with Crippen LogP contribution in [0.3, 0.4) is 0 Å². The molecule has 0 bridgehead atoms. The fourth-order valence-electron chi connectivity index (χ4n) is 2.39. The first-order valence-electron chi connectivity index (χ1n) is 7.02. The summed E-state index contributed by atoms with van der Waals surface area (Å²) in [5.41, 5.74) is 2.92. The molecule has 1 heterocycles. The second kappa shape index (κ2) is 6.12. The van der Waals surface area contributed by atoms with Crippen molar-refractivity contribution in [2.24, 2.45) is 0 Å². The zero-order chi connectivity index (χ0) is 15.5. The van der Waals surface area contributed by atoms with Gasteiger partial charge < -0.3 is 4.90 Å². The Hall–Kier alpha value is -2.46. The number of hydrogen-bond donors (Lipinski definition) is 0. The molecule has 0 atom stereocenters. The summed E-state index contributed by atoms with van der Waals surface area (Å²) in [7, 11) is 0. The van der Waals surface area contributed by atoms with E-state index in [0.717, 1.165) is 39.6 Å². The van der Waals surface area contributed by atoms with E-state index in [1.807, 2.05) is 18.2 Å². The minimum Gasteiger partial charge on any atom is -0.364 e. The Morgan fingerprint density at radius 3 is 2.59 bits per heavy atom. The molecule has 0 saturated heterocycles. The van der Waals surface area contributed by atoms with Crippen molar-refractivity contribution in [3.63, 3.8) is 0 Å². The van der Waals surface area contributed by atoms with Gasteiger partial charge in [0.2, 0.25) is 0 Å².